The zero-order chi connectivity index (χ0) is 21.8. The Balaban J connectivity index is 1.36. The van der Waals surface area contributed by atoms with Gasteiger partial charge in [-0.15, -0.1) is 10.2 Å². The second kappa shape index (κ2) is 9.04. The molecule has 1 amide bonds. The molecule has 3 aromatic rings. The number of carbonyl (C=O) groups is 1. The highest BCUT2D eigenvalue weighted by molar-refractivity contribution is 5.94. The number of benzene rings is 2. The van der Waals surface area contributed by atoms with E-state index in [-0.39, 0.29) is 5.91 Å². The zero-order valence-electron chi connectivity index (χ0n) is 18.2. The molecular formula is C24H27N5O2. The topological polar surface area (TPSA) is 61.8 Å². The minimum Gasteiger partial charge on any atom is -0.497 e. The van der Waals surface area contributed by atoms with Crippen LogP contribution in [0.25, 0.3) is 11.3 Å². The predicted molar refractivity (Wildman–Crippen MR) is 123 cm³/mol. The maximum Gasteiger partial charge on any atom is 0.253 e. The van der Waals surface area contributed by atoms with Crippen molar-refractivity contribution in [3.8, 4) is 17.0 Å². The van der Waals surface area contributed by atoms with Crippen LogP contribution in [0.15, 0.2) is 60.7 Å². The Labute approximate surface area is 182 Å². The van der Waals surface area contributed by atoms with Gasteiger partial charge in [-0.25, -0.2) is 0 Å². The smallest absolute Gasteiger partial charge is 0.253 e. The van der Waals surface area contributed by atoms with Gasteiger partial charge in [0.05, 0.1) is 12.8 Å². The lowest BCUT2D eigenvalue weighted by molar-refractivity contribution is 0.0746. The van der Waals surface area contributed by atoms with Gasteiger partial charge in [0.2, 0.25) is 0 Å². The largest absolute Gasteiger partial charge is 0.497 e. The fraction of sp³-hybridized carbons (Fsp3) is 0.292. The summed E-state index contributed by atoms with van der Waals surface area (Å²) in [6.07, 6.45) is 0. The first kappa shape index (κ1) is 20.7. The lowest BCUT2D eigenvalue weighted by Gasteiger charge is -2.35. The molecule has 2 aromatic carbocycles. The number of ether oxygens (including phenoxy) is 1. The van der Waals surface area contributed by atoms with Crippen molar-refractivity contribution < 1.29 is 9.53 Å². The number of piperazine rings is 1. The Morgan fingerprint density at radius 1 is 0.871 bits per heavy atom. The summed E-state index contributed by atoms with van der Waals surface area (Å²) in [4.78, 5) is 18.9. The van der Waals surface area contributed by atoms with Crippen molar-refractivity contribution >= 4 is 17.4 Å². The van der Waals surface area contributed by atoms with E-state index < -0.39 is 0 Å². The summed E-state index contributed by atoms with van der Waals surface area (Å²) < 4.78 is 5.20. The van der Waals surface area contributed by atoms with Crippen molar-refractivity contribution in [3.05, 3.63) is 66.2 Å². The lowest BCUT2D eigenvalue weighted by atomic mass is 10.1. The first-order valence-corrected chi connectivity index (χ1v) is 10.3. The Morgan fingerprint density at radius 2 is 1.55 bits per heavy atom. The molecule has 1 saturated heterocycles. The van der Waals surface area contributed by atoms with Crippen molar-refractivity contribution in [2.75, 3.05) is 57.2 Å². The Kier molecular flexibility index (Phi) is 6.02. The van der Waals surface area contributed by atoms with Gasteiger partial charge in [0.15, 0.2) is 5.82 Å². The van der Waals surface area contributed by atoms with Gasteiger partial charge in [-0.2, -0.15) is 0 Å². The van der Waals surface area contributed by atoms with Crippen LogP contribution in [0, 0.1) is 0 Å². The molecule has 1 aliphatic rings. The molecule has 0 bridgehead atoms. The van der Waals surface area contributed by atoms with E-state index in [1.165, 1.54) is 0 Å². The van der Waals surface area contributed by atoms with Crippen LogP contribution in [0.2, 0.25) is 0 Å². The number of methoxy groups -OCH3 is 1. The van der Waals surface area contributed by atoms with Gasteiger partial charge < -0.3 is 19.4 Å². The van der Waals surface area contributed by atoms with Gasteiger partial charge in [-0.1, -0.05) is 0 Å². The summed E-state index contributed by atoms with van der Waals surface area (Å²) in [5.74, 6) is 1.72. The molecule has 31 heavy (non-hydrogen) atoms. The second-order valence-electron chi connectivity index (χ2n) is 7.73. The van der Waals surface area contributed by atoms with Crippen LogP contribution in [0.3, 0.4) is 0 Å². The fourth-order valence-electron chi connectivity index (χ4n) is 3.63. The summed E-state index contributed by atoms with van der Waals surface area (Å²) in [5, 5.41) is 8.80. The van der Waals surface area contributed by atoms with Crippen molar-refractivity contribution in [2.45, 2.75) is 0 Å². The van der Waals surface area contributed by atoms with Crippen LogP contribution in [-0.4, -0.2) is 68.4 Å². The molecule has 1 aromatic heterocycles. The summed E-state index contributed by atoms with van der Waals surface area (Å²) in [6, 6.07) is 19.5. The monoisotopic (exact) mass is 417 g/mol. The second-order valence-corrected chi connectivity index (χ2v) is 7.73. The first-order valence-electron chi connectivity index (χ1n) is 10.3. The number of carbonyl (C=O) groups excluding carboxylic acids is 1. The van der Waals surface area contributed by atoms with E-state index in [0.717, 1.165) is 47.2 Å². The minimum absolute atomic E-state index is 0.0749. The van der Waals surface area contributed by atoms with Crippen LogP contribution in [0.5, 0.6) is 5.75 Å². The Hall–Kier alpha value is -3.61. The minimum atomic E-state index is 0.0749. The molecule has 7 nitrogen and oxygen atoms in total. The molecule has 160 valence electrons. The van der Waals surface area contributed by atoms with Crippen LogP contribution < -0.4 is 14.5 Å². The van der Waals surface area contributed by atoms with E-state index in [2.05, 4.69) is 15.1 Å². The van der Waals surface area contributed by atoms with Gasteiger partial charge in [0.1, 0.15) is 5.75 Å². The molecule has 1 fully saturated rings. The number of hydrogen-bond donors (Lipinski definition) is 0. The maximum atomic E-state index is 12.8. The van der Waals surface area contributed by atoms with E-state index in [9.17, 15) is 4.79 Å². The molecule has 4 rings (SSSR count). The van der Waals surface area contributed by atoms with E-state index in [4.69, 9.17) is 4.74 Å². The van der Waals surface area contributed by atoms with Crippen LogP contribution >= 0.6 is 0 Å². The molecule has 2 heterocycles. The highest BCUT2D eigenvalue weighted by Gasteiger charge is 2.23. The summed E-state index contributed by atoms with van der Waals surface area (Å²) in [6.45, 7) is 2.79. The van der Waals surface area contributed by atoms with Crippen LogP contribution in [-0.2, 0) is 0 Å². The van der Waals surface area contributed by atoms with E-state index in [1.54, 1.807) is 7.11 Å². The normalized spacial score (nSPS) is 13.8. The third kappa shape index (κ3) is 4.60. The molecule has 0 aliphatic carbocycles. The van der Waals surface area contributed by atoms with E-state index >= 15 is 0 Å². The van der Waals surface area contributed by atoms with Crippen molar-refractivity contribution in [1.82, 2.24) is 15.1 Å². The average molecular weight is 418 g/mol. The van der Waals surface area contributed by atoms with Crippen LogP contribution in [0.1, 0.15) is 10.4 Å². The van der Waals surface area contributed by atoms with Crippen molar-refractivity contribution in [2.24, 2.45) is 0 Å². The molecule has 0 unspecified atom stereocenters. The maximum absolute atomic E-state index is 12.8. The number of nitrogens with zero attached hydrogens (tertiary/aromatic N) is 5. The van der Waals surface area contributed by atoms with Crippen LogP contribution in [0.4, 0.5) is 11.5 Å². The third-order valence-electron chi connectivity index (χ3n) is 5.56. The molecule has 0 atom stereocenters. The molecule has 0 saturated carbocycles. The summed E-state index contributed by atoms with van der Waals surface area (Å²) in [7, 11) is 5.63. The predicted octanol–water partition coefficient (Wildman–Crippen LogP) is 3.18. The SMILES string of the molecule is COc1ccc(-c2ccc(N3CCN(C(=O)c4ccc(N(C)C)cc4)CC3)nn2)cc1. The molecule has 0 spiro atoms. The average Bonchev–Trinajstić information content (AvgIpc) is 2.84. The highest BCUT2D eigenvalue weighted by Crippen LogP contribution is 2.22. The summed E-state index contributed by atoms with van der Waals surface area (Å²) >= 11 is 0. The summed E-state index contributed by atoms with van der Waals surface area (Å²) in [5.41, 5.74) is 3.62. The van der Waals surface area contributed by atoms with Crippen molar-refractivity contribution in [1.29, 1.82) is 0 Å². The molecule has 0 radical (unpaired) electrons. The van der Waals surface area contributed by atoms with Gasteiger partial charge >= 0.3 is 0 Å². The Morgan fingerprint density at radius 3 is 2.10 bits per heavy atom. The Bertz CT molecular complexity index is 1010. The third-order valence-corrected chi connectivity index (χ3v) is 5.56. The standard InChI is InChI=1S/C24H27N5O2/c1-27(2)20-8-4-19(5-9-20)24(30)29-16-14-28(15-17-29)23-13-12-22(25-26-23)18-6-10-21(31-3)11-7-18/h4-13H,14-17H2,1-3H3. The van der Waals surface area contributed by atoms with E-state index in [0.29, 0.717) is 13.1 Å². The van der Waals surface area contributed by atoms with Gasteiger partial charge in [-0.3, -0.25) is 4.79 Å². The number of anilines is 2. The first-order chi connectivity index (χ1) is 15.0. The zero-order valence-corrected chi connectivity index (χ0v) is 18.2. The number of amides is 1. The molecule has 0 N–H and O–H groups in total. The van der Waals surface area contributed by atoms with E-state index in [1.807, 2.05) is 84.6 Å². The van der Waals surface area contributed by atoms with Gasteiger partial charge in [0.25, 0.3) is 5.91 Å². The fourth-order valence-corrected chi connectivity index (χ4v) is 3.63. The number of aromatic nitrogens is 2. The lowest BCUT2D eigenvalue weighted by Crippen LogP contribution is -2.49. The molecule has 1 aliphatic heterocycles. The van der Waals surface area contributed by atoms with Crippen molar-refractivity contribution in [3.63, 3.8) is 0 Å². The van der Waals surface area contributed by atoms with Gasteiger partial charge in [-0.05, 0) is 60.7 Å². The molecular weight excluding hydrogens is 390 g/mol. The highest BCUT2D eigenvalue weighted by atomic mass is 16.5. The molecule has 7 heteroatoms. The van der Waals surface area contributed by atoms with Gasteiger partial charge in [0, 0.05) is 57.1 Å². The quantitative estimate of drug-likeness (QED) is 0.636. The number of hydrogen-bond acceptors (Lipinski definition) is 6. The number of rotatable bonds is 5.